The zero-order chi connectivity index (χ0) is 14.7. The molecule has 8 heteroatoms. The van der Waals surface area contributed by atoms with Crippen molar-refractivity contribution >= 4 is 5.91 Å². The van der Waals surface area contributed by atoms with E-state index in [1.807, 2.05) is 0 Å². The Morgan fingerprint density at radius 1 is 1.33 bits per heavy atom. The highest BCUT2D eigenvalue weighted by atomic mass is 16.5. The third kappa shape index (κ3) is 3.11. The molecule has 0 aliphatic carbocycles. The lowest BCUT2D eigenvalue weighted by molar-refractivity contribution is -0.136. The van der Waals surface area contributed by atoms with Gasteiger partial charge in [0.15, 0.2) is 0 Å². The summed E-state index contributed by atoms with van der Waals surface area (Å²) in [5, 5.41) is 12.7. The van der Waals surface area contributed by atoms with Gasteiger partial charge in [-0.25, -0.2) is 0 Å². The fourth-order valence-corrected chi connectivity index (χ4v) is 2.27. The summed E-state index contributed by atoms with van der Waals surface area (Å²) in [4.78, 5) is 19.5. The van der Waals surface area contributed by atoms with Gasteiger partial charge in [-0.15, -0.1) is 0 Å². The van der Waals surface area contributed by atoms with Crippen LogP contribution in [0.1, 0.15) is 5.89 Å². The van der Waals surface area contributed by atoms with Crippen LogP contribution in [0, 0.1) is 0 Å². The van der Waals surface area contributed by atoms with Gasteiger partial charge < -0.3 is 18.9 Å². The highest BCUT2D eigenvalue weighted by Gasteiger charge is 2.22. The molecule has 8 nitrogen and oxygen atoms in total. The topological polar surface area (TPSA) is 95.8 Å². The highest BCUT2D eigenvalue weighted by molar-refractivity contribution is 5.77. The minimum Gasteiger partial charge on any atom is -0.472 e. The predicted octanol–water partition coefficient (Wildman–Crippen LogP) is -0.0339. The summed E-state index contributed by atoms with van der Waals surface area (Å²) < 4.78 is 10.2. The lowest BCUT2D eigenvalue weighted by atomic mass is 10.3. The van der Waals surface area contributed by atoms with E-state index in [9.17, 15) is 4.79 Å². The molecule has 1 amide bonds. The Labute approximate surface area is 120 Å². The molecule has 3 rings (SSSR count). The van der Waals surface area contributed by atoms with E-state index in [-0.39, 0.29) is 5.91 Å². The molecular weight excluding hydrogens is 276 g/mol. The Hall–Kier alpha value is -2.19. The van der Waals surface area contributed by atoms with Gasteiger partial charge in [-0.05, 0) is 6.07 Å². The number of aromatic nitrogens is 2. The summed E-state index contributed by atoms with van der Waals surface area (Å²) in [5.74, 6) is 0.815. The van der Waals surface area contributed by atoms with Gasteiger partial charge in [0, 0.05) is 26.2 Å². The number of carbonyl (C=O) groups is 1. The first-order chi connectivity index (χ1) is 10.3. The van der Waals surface area contributed by atoms with Gasteiger partial charge in [-0.3, -0.25) is 9.69 Å². The molecule has 2 aromatic heterocycles. The van der Waals surface area contributed by atoms with Crippen molar-refractivity contribution in [3.63, 3.8) is 0 Å². The Kier molecular flexibility index (Phi) is 3.98. The molecule has 0 saturated carbocycles. The van der Waals surface area contributed by atoms with Gasteiger partial charge in [-0.2, -0.15) is 4.98 Å². The molecule has 112 valence electrons. The summed E-state index contributed by atoms with van der Waals surface area (Å²) in [6.45, 7) is 2.75. The van der Waals surface area contributed by atoms with Crippen molar-refractivity contribution in [2.75, 3.05) is 32.8 Å². The fourth-order valence-electron chi connectivity index (χ4n) is 2.27. The number of carbonyl (C=O) groups excluding carboxylic acids is 1. The lowest BCUT2D eigenvalue weighted by Crippen LogP contribution is -2.49. The van der Waals surface area contributed by atoms with Gasteiger partial charge in [0.1, 0.15) is 12.9 Å². The SMILES string of the molecule is O=C(CO)N1CCN(Cc2nc(-c3ccoc3)no2)CC1. The fraction of sp³-hybridized carbons (Fsp3) is 0.462. The van der Waals surface area contributed by atoms with Crippen LogP contribution in [0.5, 0.6) is 0 Å². The first-order valence-corrected chi connectivity index (χ1v) is 6.72. The molecule has 0 unspecified atom stereocenters. The van der Waals surface area contributed by atoms with Gasteiger partial charge in [0.2, 0.25) is 17.6 Å². The molecule has 0 aromatic carbocycles. The van der Waals surface area contributed by atoms with Crippen LogP contribution in [0.2, 0.25) is 0 Å². The van der Waals surface area contributed by atoms with Crippen molar-refractivity contribution in [3.8, 4) is 11.4 Å². The van der Waals surface area contributed by atoms with Crippen molar-refractivity contribution in [2.24, 2.45) is 0 Å². The second-order valence-electron chi connectivity index (χ2n) is 4.84. The molecule has 1 fully saturated rings. The maximum atomic E-state index is 11.4. The summed E-state index contributed by atoms with van der Waals surface area (Å²) in [7, 11) is 0. The number of hydrogen-bond acceptors (Lipinski definition) is 7. The maximum Gasteiger partial charge on any atom is 0.248 e. The van der Waals surface area contributed by atoms with Gasteiger partial charge in [0.05, 0.1) is 18.4 Å². The minimum absolute atomic E-state index is 0.227. The Morgan fingerprint density at radius 2 is 2.14 bits per heavy atom. The molecular formula is C13H16N4O4. The second-order valence-corrected chi connectivity index (χ2v) is 4.84. The van der Waals surface area contributed by atoms with Gasteiger partial charge in [0.25, 0.3) is 0 Å². The van der Waals surface area contributed by atoms with E-state index in [4.69, 9.17) is 14.0 Å². The van der Waals surface area contributed by atoms with E-state index >= 15 is 0 Å². The number of rotatable bonds is 4. The van der Waals surface area contributed by atoms with Gasteiger partial charge >= 0.3 is 0 Å². The average molecular weight is 292 g/mol. The minimum atomic E-state index is -0.433. The molecule has 1 N–H and O–H groups in total. The van der Waals surface area contributed by atoms with Crippen LogP contribution in [0.3, 0.4) is 0 Å². The van der Waals surface area contributed by atoms with Crippen LogP contribution < -0.4 is 0 Å². The molecule has 0 atom stereocenters. The Balaban J connectivity index is 1.55. The molecule has 0 spiro atoms. The standard InChI is InChI=1S/C13H16N4O4/c18-8-12(19)17-4-2-16(3-5-17)7-11-14-13(15-21-11)10-1-6-20-9-10/h1,6,9,18H,2-5,7-8H2. The number of furan rings is 1. The van der Waals surface area contributed by atoms with E-state index in [0.29, 0.717) is 31.3 Å². The summed E-state index contributed by atoms with van der Waals surface area (Å²) >= 11 is 0. The lowest BCUT2D eigenvalue weighted by Gasteiger charge is -2.33. The molecule has 0 radical (unpaired) electrons. The van der Waals surface area contributed by atoms with E-state index < -0.39 is 6.61 Å². The smallest absolute Gasteiger partial charge is 0.248 e. The van der Waals surface area contributed by atoms with Crippen LogP contribution in [0.4, 0.5) is 0 Å². The normalized spacial score (nSPS) is 16.3. The second kappa shape index (κ2) is 6.06. The molecule has 1 aliphatic rings. The third-order valence-corrected chi connectivity index (χ3v) is 3.47. The van der Waals surface area contributed by atoms with E-state index in [1.54, 1.807) is 23.5 Å². The quantitative estimate of drug-likeness (QED) is 0.845. The van der Waals surface area contributed by atoms with Crippen molar-refractivity contribution in [1.82, 2.24) is 19.9 Å². The van der Waals surface area contributed by atoms with Crippen molar-refractivity contribution in [2.45, 2.75) is 6.54 Å². The monoisotopic (exact) mass is 292 g/mol. The van der Waals surface area contributed by atoms with Gasteiger partial charge in [-0.1, -0.05) is 5.16 Å². The van der Waals surface area contributed by atoms with Crippen LogP contribution in [-0.2, 0) is 11.3 Å². The molecule has 2 aromatic rings. The van der Waals surface area contributed by atoms with Crippen LogP contribution in [-0.4, -0.2) is 63.7 Å². The number of hydrogen-bond donors (Lipinski definition) is 1. The zero-order valence-electron chi connectivity index (χ0n) is 11.4. The molecule has 21 heavy (non-hydrogen) atoms. The van der Waals surface area contributed by atoms with Crippen molar-refractivity contribution in [1.29, 1.82) is 0 Å². The Morgan fingerprint density at radius 3 is 2.81 bits per heavy atom. The number of amides is 1. The van der Waals surface area contributed by atoms with Crippen LogP contribution in [0.15, 0.2) is 27.5 Å². The Bertz CT molecular complexity index is 587. The molecule has 1 saturated heterocycles. The summed E-state index contributed by atoms with van der Waals surface area (Å²) in [6, 6.07) is 1.77. The van der Waals surface area contributed by atoms with E-state index in [1.165, 1.54) is 0 Å². The zero-order valence-corrected chi connectivity index (χ0v) is 11.4. The molecule has 0 bridgehead atoms. The predicted molar refractivity (Wildman–Crippen MR) is 70.9 cm³/mol. The summed E-state index contributed by atoms with van der Waals surface area (Å²) in [5.41, 5.74) is 0.781. The largest absolute Gasteiger partial charge is 0.472 e. The van der Waals surface area contributed by atoms with E-state index in [0.717, 1.165) is 18.7 Å². The number of aliphatic hydroxyl groups excluding tert-OH is 1. The average Bonchev–Trinajstić information content (AvgIpc) is 3.18. The molecule has 1 aliphatic heterocycles. The first kappa shape index (κ1) is 13.8. The van der Waals surface area contributed by atoms with Crippen LogP contribution >= 0.6 is 0 Å². The van der Waals surface area contributed by atoms with E-state index in [2.05, 4.69) is 15.0 Å². The third-order valence-electron chi connectivity index (χ3n) is 3.47. The van der Waals surface area contributed by atoms with Crippen molar-refractivity contribution in [3.05, 3.63) is 24.5 Å². The summed E-state index contributed by atoms with van der Waals surface area (Å²) in [6.07, 6.45) is 3.12. The number of nitrogens with zero attached hydrogens (tertiary/aromatic N) is 4. The maximum absolute atomic E-state index is 11.4. The number of aliphatic hydroxyl groups is 1. The highest BCUT2D eigenvalue weighted by Crippen LogP contribution is 2.16. The molecule has 3 heterocycles. The van der Waals surface area contributed by atoms with Crippen LogP contribution in [0.25, 0.3) is 11.4 Å². The van der Waals surface area contributed by atoms with Crippen molar-refractivity contribution < 1.29 is 18.8 Å². The first-order valence-electron chi connectivity index (χ1n) is 6.72. The number of piperazine rings is 1.